The Balaban J connectivity index is 1.55. The van der Waals surface area contributed by atoms with E-state index in [-0.39, 0.29) is 19.1 Å². The molecule has 0 aliphatic carbocycles. The van der Waals surface area contributed by atoms with Crippen LogP contribution in [0.3, 0.4) is 0 Å². The first-order valence-electron chi connectivity index (χ1n) is 8.52. The Morgan fingerprint density at radius 1 is 1.19 bits per heavy atom. The first-order valence-corrected chi connectivity index (χ1v) is 8.90. The van der Waals surface area contributed by atoms with Crippen molar-refractivity contribution >= 4 is 29.6 Å². The fourth-order valence-corrected chi connectivity index (χ4v) is 2.83. The van der Waals surface area contributed by atoms with Crippen LogP contribution in [0, 0.1) is 6.92 Å². The van der Waals surface area contributed by atoms with Crippen LogP contribution in [0.1, 0.15) is 16.7 Å². The van der Waals surface area contributed by atoms with Gasteiger partial charge in [-0.1, -0.05) is 41.4 Å². The van der Waals surface area contributed by atoms with Crippen molar-refractivity contribution in [2.45, 2.75) is 13.5 Å². The quantitative estimate of drug-likeness (QED) is 0.737. The van der Waals surface area contributed by atoms with Crippen LogP contribution < -0.4 is 4.74 Å². The molecule has 0 saturated carbocycles. The van der Waals surface area contributed by atoms with Crippen molar-refractivity contribution in [3.63, 3.8) is 0 Å². The van der Waals surface area contributed by atoms with Crippen LogP contribution in [0.15, 0.2) is 48.0 Å². The minimum absolute atomic E-state index is 0.0981. The normalized spacial score (nSPS) is 12.5. The number of hydrogen-bond donors (Lipinski definition) is 0. The maximum Gasteiger partial charge on any atom is 0.338 e. The van der Waals surface area contributed by atoms with Gasteiger partial charge in [0.1, 0.15) is 12.4 Å². The van der Waals surface area contributed by atoms with Crippen molar-refractivity contribution in [1.82, 2.24) is 4.90 Å². The lowest BCUT2D eigenvalue weighted by Gasteiger charge is -2.19. The molecule has 0 bridgehead atoms. The number of esters is 1. The zero-order valence-corrected chi connectivity index (χ0v) is 16.0. The highest BCUT2D eigenvalue weighted by Crippen LogP contribution is 2.29. The molecule has 0 unspecified atom stereocenters. The number of halogens is 1. The van der Waals surface area contributed by atoms with Gasteiger partial charge < -0.3 is 14.4 Å². The minimum atomic E-state index is -0.572. The molecule has 0 radical (unpaired) electrons. The molecule has 1 amide bonds. The average Bonchev–Trinajstić information content (AvgIpc) is 2.66. The Bertz CT molecular complexity index is 890. The Morgan fingerprint density at radius 3 is 2.67 bits per heavy atom. The predicted octanol–water partition coefficient (Wildman–Crippen LogP) is 3.63. The highest BCUT2D eigenvalue weighted by atomic mass is 35.5. The van der Waals surface area contributed by atoms with Gasteiger partial charge in [-0.3, -0.25) is 4.79 Å². The molecule has 6 heteroatoms. The van der Waals surface area contributed by atoms with E-state index < -0.39 is 5.97 Å². The van der Waals surface area contributed by atoms with Crippen molar-refractivity contribution < 1.29 is 19.1 Å². The summed E-state index contributed by atoms with van der Waals surface area (Å²) < 4.78 is 10.7. The average molecular weight is 386 g/mol. The second-order valence-electron chi connectivity index (χ2n) is 6.45. The van der Waals surface area contributed by atoms with E-state index in [1.165, 1.54) is 4.90 Å². The molecule has 1 aliphatic rings. The Kier molecular flexibility index (Phi) is 5.81. The number of benzene rings is 2. The summed E-state index contributed by atoms with van der Waals surface area (Å²) in [4.78, 5) is 26.0. The summed E-state index contributed by atoms with van der Waals surface area (Å²) in [5.74, 6) is -0.188. The van der Waals surface area contributed by atoms with E-state index in [4.69, 9.17) is 21.1 Å². The summed E-state index contributed by atoms with van der Waals surface area (Å²) in [6, 6.07) is 13.1. The summed E-state index contributed by atoms with van der Waals surface area (Å²) in [5.41, 5.74) is 3.23. The fourth-order valence-electron chi connectivity index (χ4n) is 2.65. The van der Waals surface area contributed by atoms with E-state index in [1.807, 2.05) is 31.2 Å². The van der Waals surface area contributed by atoms with Crippen molar-refractivity contribution in [1.29, 1.82) is 0 Å². The second-order valence-corrected chi connectivity index (χ2v) is 6.89. The summed E-state index contributed by atoms with van der Waals surface area (Å²) in [7, 11) is 1.68. The molecule has 5 nitrogen and oxygen atoms in total. The molecular formula is C21H20ClNO4. The van der Waals surface area contributed by atoms with Crippen LogP contribution in [-0.2, 0) is 20.9 Å². The second kappa shape index (κ2) is 8.27. The lowest BCUT2D eigenvalue weighted by Crippen LogP contribution is -2.31. The maximum atomic E-state index is 12.2. The van der Waals surface area contributed by atoms with E-state index >= 15 is 0 Å². The Morgan fingerprint density at radius 2 is 1.93 bits per heavy atom. The zero-order valence-electron chi connectivity index (χ0n) is 15.2. The molecular weight excluding hydrogens is 366 g/mol. The molecule has 27 heavy (non-hydrogen) atoms. The molecule has 0 aromatic heterocycles. The van der Waals surface area contributed by atoms with E-state index in [9.17, 15) is 9.59 Å². The third-order valence-corrected chi connectivity index (χ3v) is 4.47. The molecule has 2 aromatic carbocycles. The van der Waals surface area contributed by atoms with Crippen molar-refractivity contribution in [3.8, 4) is 5.75 Å². The minimum Gasteiger partial charge on any atom is -0.488 e. The fraction of sp³-hybridized carbons (Fsp3) is 0.238. The molecule has 1 heterocycles. The predicted molar refractivity (Wildman–Crippen MR) is 104 cm³/mol. The van der Waals surface area contributed by atoms with E-state index in [1.54, 1.807) is 31.3 Å². The van der Waals surface area contributed by atoms with Crippen molar-refractivity contribution in [3.05, 3.63) is 69.8 Å². The monoisotopic (exact) mass is 385 g/mol. The lowest BCUT2D eigenvalue weighted by molar-refractivity contribution is -0.148. The number of nitrogens with zero attached hydrogens (tertiary/aromatic N) is 1. The van der Waals surface area contributed by atoms with Gasteiger partial charge in [0.05, 0.1) is 5.57 Å². The molecule has 2 aromatic rings. The third kappa shape index (κ3) is 4.89. The van der Waals surface area contributed by atoms with Gasteiger partial charge in [0, 0.05) is 24.2 Å². The maximum absolute atomic E-state index is 12.2. The SMILES string of the molecule is Cc1ccc(CN(C)C(=O)COC(=O)C2=Cc3cc(Cl)ccc3OC2)cc1. The zero-order chi connectivity index (χ0) is 19.4. The summed E-state index contributed by atoms with van der Waals surface area (Å²) >= 11 is 5.97. The molecule has 140 valence electrons. The van der Waals surface area contributed by atoms with Gasteiger partial charge >= 0.3 is 5.97 Å². The molecule has 0 atom stereocenters. The summed E-state index contributed by atoms with van der Waals surface area (Å²) in [6.07, 6.45) is 1.67. The molecule has 0 N–H and O–H groups in total. The van der Waals surface area contributed by atoms with E-state index in [0.717, 1.165) is 11.1 Å². The number of ether oxygens (including phenoxy) is 2. The van der Waals surface area contributed by atoms with Gasteiger partial charge in [-0.15, -0.1) is 0 Å². The van der Waals surface area contributed by atoms with Gasteiger partial charge in [0.25, 0.3) is 5.91 Å². The smallest absolute Gasteiger partial charge is 0.338 e. The largest absolute Gasteiger partial charge is 0.488 e. The molecule has 1 aliphatic heterocycles. The number of rotatable bonds is 5. The number of carbonyl (C=O) groups is 2. The summed E-state index contributed by atoms with van der Waals surface area (Å²) in [5, 5.41) is 0.552. The van der Waals surface area contributed by atoms with Crippen molar-refractivity contribution in [2.24, 2.45) is 0 Å². The highest BCUT2D eigenvalue weighted by Gasteiger charge is 2.20. The topological polar surface area (TPSA) is 55.8 Å². The molecule has 0 spiro atoms. The van der Waals surface area contributed by atoms with Gasteiger partial charge in [0.15, 0.2) is 6.61 Å². The molecule has 0 saturated heterocycles. The van der Waals surface area contributed by atoms with E-state index in [2.05, 4.69) is 0 Å². The number of likely N-dealkylation sites (N-methyl/N-ethyl adjacent to an activating group) is 1. The Labute approximate surface area is 163 Å². The number of carbonyl (C=O) groups excluding carboxylic acids is 2. The summed E-state index contributed by atoms with van der Waals surface area (Å²) in [6.45, 7) is 2.24. The first-order chi connectivity index (χ1) is 12.9. The van der Waals surface area contributed by atoms with Crippen LogP contribution in [0.5, 0.6) is 5.75 Å². The first kappa shape index (κ1) is 19.0. The third-order valence-electron chi connectivity index (χ3n) is 4.24. The number of hydrogen-bond acceptors (Lipinski definition) is 4. The molecule has 0 fully saturated rings. The van der Waals surface area contributed by atoms with Crippen LogP contribution in [0.25, 0.3) is 6.08 Å². The lowest BCUT2D eigenvalue weighted by atomic mass is 10.1. The number of fused-ring (bicyclic) bond motifs is 1. The van der Waals surface area contributed by atoms with Crippen LogP contribution in [-0.4, -0.2) is 37.0 Å². The standard InChI is InChI=1S/C21H20ClNO4/c1-14-3-5-15(6-4-14)11-23(2)20(24)13-27-21(25)17-9-16-10-18(22)7-8-19(16)26-12-17/h3-10H,11-13H2,1-2H3. The van der Waals surface area contributed by atoms with Gasteiger partial charge in [-0.25, -0.2) is 4.79 Å². The van der Waals surface area contributed by atoms with Crippen LogP contribution in [0.2, 0.25) is 5.02 Å². The van der Waals surface area contributed by atoms with Crippen LogP contribution in [0.4, 0.5) is 0 Å². The molecule has 3 rings (SSSR count). The van der Waals surface area contributed by atoms with Crippen molar-refractivity contribution in [2.75, 3.05) is 20.3 Å². The van der Waals surface area contributed by atoms with Gasteiger partial charge in [-0.05, 0) is 36.8 Å². The van der Waals surface area contributed by atoms with E-state index in [0.29, 0.717) is 28.5 Å². The number of amides is 1. The van der Waals surface area contributed by atoms with Gasteiger partial charge in [0.2, 0.25) is 0 Å². The number of aryl methyl sites for hydroxylation is 1. The Hall–Kier alpha value is -2.79. The highest BCUT2D eigenvalue weighted by molar-refractivity contribution is 6.30. The van der Waals surface area contributed by atoms with Crippen LogP contribution >= 0.6 is 11.6 Å². The van der Waals surface area contributed by atoms with Gasteiger partial charge in [-0.2, -0.15) is 0 Å².